The number of carboxylic acid groups (broad SMARTS) is 1. The first-order valence-electron chi connectivity index (χ1n) is 7.71. The van der Waals surface area contributed by atoms with Crippen molar-refractivity contribution in [3.63, 3.8) is 0 Å². The monoisotopic (exact) mass is 265 g/mol. The molecule has 0 aromatic rings. The molecule has 0 aromatic heterocycles. The van der Waals surface area contributed by atoms with Crippen molar-refractivity contribution < 1.29 is 14.7 Å². The smallest absolute Gasteiger partial charge is 0.326 e. The molecular weight excluding hydrogens is 242 g/mol. The average Bonchev–Trinajstić information content (AvgIpc) is 3.21. The first-order valence-corrected chi connectivity index (χ1v) is 7.71. The lowest BCUT2D eigenvalue weighted by Crippen LogP contribution is -2.57. The molecule has 0 bridgehead atoms. The highest BCUT2D eigenvalue weighted by atomic mass is 16.4. The van der Waals surface area contributed by atoms with Gasteiger partial charge in [-0.3, -0.25) is 4.79 Å². The summed E-state index contributed by atoms with van der Waals surface area (Å²) in [6.45, 7) is 0. The van der Waals surface area contributed by atoms with Crippen LogP contribution >= 0.6 is 0 Å². The second kappa shape index (κ2) is 5.14. The SMILES string of the molecule is O=C(O)C1CCC2CCCCC2N1C(=O)CC1CC1. The van der Waals surface area contributed by atoms with Gasteiger partial charge in [-0.15, -0.1) is 0 Å². The fourth-order valence-corrected chi connectivity index (χ4v) is 3.91. The van der Waals surface area contributed by atoms with Crippen LogP contribution in [0.1, 0.15) is 57.8 Å². The predicted molar refractivity (Wildman–Crippen MR) is 70.6 cm³/mol. The summed E-state index contributed by atoms with van der Waals surface area (Å²) >= 11 is 0. The van der Waals surface area contributed by atoms with Crippen LogP contribution in [-0.2, 0) is 9.59 Å². The van der Waals surface area contributed by atoms with Crippen molar-refractivity contribution in [1.82, 2.24) is 4.90 Å². The largest absolute Gasteiger partial charge is 0.480 e. The molecule has 3 rings (SSSR count). The number of carbonyl (C=O) groups is 2. The third-order valence-corrected chi connectivity index (χ3v) is 5.11. The summed E-state index contributed by atoms with van der Waals surface area (Å²) in [5.41, 5.74) is 0. The quantitative estimate of drug-likeness (QED) is 0.852. The molecule has 1 N–H and O–H groups in total. The van der Waals surface area contributed by atoms with E-state index in [2.05, 4.69) is 0 Å². The summed E-state index contributed by atoms with van der Waals surface area (Å²) in [4.78, 5) is 25.7. The summed E-state index contributed by atoms with van der Waals surface area (Å²) < 4.78 is 0. The molecule has 3 unspecified atom stereocenters. The zero-order valence-electron chi connectivity index (χ0n) is 11.4. The molecule has 3 atom stereocenters. The van der Waals surface area contributed by atoms with Gasteiger partial charge >= 0.3 is 5.97 Å². The third-order valence-electron chi connectivity index (χ3n) is 5.11. The Morgan fingerprint density at radius 2 is 1.74 bits per heavy atom. The van der Waals surface area contributed by atoms with Crippen LogP contribution in [0.3, 0.4) is 0 Å². The lowest BCUT2D eigenvalue weighted by Gasteiger charge is -2.47. The Labute approximate surface area is 114 Å². The number of hydrogen-bond acceptors (Lipinski definition) is 2. The van der Waals surface area contributed by atoms with Crippen LogP contribution in [0.15, 0.2) is 0 Å². The molecule has 1 saturated heterocycles. The van der Waals surface area contributed by atoms with Crippen molar-refractivity contribution in [2.75, 3.05) is 0 Å². The topological polar surface area (TPSA) is 57.6 Å². The average molecular weight is 265 g/mol. The van der Waals surface area contributed by atoms with Gasteiger partial charge in [-0.1, -0.05) is 12.8 Å². The van der Waals surface area contributed by atoms with Crippen LogP contribution in [0.5, 0.6) is 0 Å². The number of fused-ring (bicyclic) bond motifs is 1. The Bertz CT molecular complexity index is 378. The van der Waals surface area contributed by atoms with E-state index in [1.807, 2.05) is 0 Å². The molecule has 0 spiro atoms. The van der Waals surface area contributed by atoms with Gasteiger partial charge in [-0.2, -0.15) is 0 Å². The van der Waals surface area contributed by atoms with Gasteiger partial charge in [0.2, 0.25) is 5.91 Å². The zero-order valence-corrected chi connectivity index (χ0v) is 11.4. The van der Waals surface area contributed by atoms with E-state index in [9.17, 15) is 14.7 Å². The van der Waals surface area contributed by atoms with Crippen LogP contribution in [0.25, 0.3) is 0 Å². The number of carboxylic acids is 1. The summed E-state index contributed by atoms with van der Waals surface area (Å²) in [6, 6.07) is -0.361. The van der Waals surface area contributed by atoms with Crippen molar-refractivity contribution in [3.05, 3.63) is 0 Å². The standard InChI is InChI=1S/C15H23NO3/c17-14(9-10-5-6-10)16-12-4-2-1-3-11(12)7-8-13(16)15(18)19/h10-13H,1-9H2,(H,18,19). The van der Waals surface area contributed by atoms with Crippen molar-refractivity contribution in [1.29, 1.82) is 0 Å². The van der Waals surface area contributed by atoms with Crippen LogP contribution in [-0.4, -0.2) is 34.0 Å². The lowest BCUT2D eigenvalue weighted by molar-refractivity contribution is -0.158. The summed E-state index contributed by atoms with van der Waals surface area (Å²) in [5.74, 6) is 0.373. The Morgan fingerprint density at radius 3 is 2.42 bits per heavy atom. The zero-order chi connectivity index (χ0) is 13.4. The number of rotatable bonds is 3. The molecule has 4 heteroatoms. The highest BCUT2D eigenvalue weighted by Gasteiger charge is 2.44. The Hall–Kier alpha value is -1.06. The molecule has 1 amide bonds. The molecule has 106 valence electrons. The van der Waals surface area contributed by atoms with Crippen molar-refractivity contribution >= 4 is 11.9 Å². The molecule has 0 radical (unpaired) electrons. The van der Waals surface area contributed by atoms with Crippen LogP contribution in [0.2, 0.25) is 0 Å². The molecule has 2 aliphatic carbocycles. The minimum absolute atomic E-state index is 0.103. The number of hydrogen-bond donors (Lipinski definition) is 1. The fraction of sp³-hybridized carbons (Fsp3) is 0.867. The molecule has 1 heterocycles. The predicted octanol–water partition coefficient (Wildman–Crippen LogP) is 2.42. The van der Waals surface area contributed by atoms with E-state index in [0.717, 1.165) is 32.1 Å². The van der Waals surface area contributed by atoms with E-state index in [4.69, 9.17) is 0 Å². The van der Waals surface area contributed by atoms with E-state index >= 15 is 0 Å². The van der Waals surface area contributed by atoms with Gasteiger partial charge in [0.05, 0.1) is 0 Å². The number of aliphatic carboxylic acids is 1. The van der Waals surface area contributed by atoms with Crippen LogP contribution < -0.4 is 0 Å². The van der Waals surface area contributed by atoms with E-state index < -0.39 is 12.0 Å². The van der Waals surface area contributed by atoms with Crippen molar-refractivity contribution in [2.45, 2.75) is 69.9 Å². The minimum Gasteiger partial charge on any atom is -0.480 e. The van der Waals surface area contributed by atoms with Gasteiger partial charge in [0.1, 0.15) is 6.04 Å². The first-order chi connectivity index (χ1) is 9.16. The normalized spacial score (nSPS) is 34.7. The van der Waals surface area contributed by atoms with Gasteiger partial charge in [0.25, 0.3) is 0 Å². The Kier molecular flexibility index (Phi) is 3.50. The molecule has 1 aliphatic heterocycles. The van der Waals surface area contributed by atoms with Crippen molar-refractivity contribution in [2.24, 2.45) is 11.8 Å². The third kappa shape index (κ3) is 2.63. The second-order valence-corrected chi connectivity index (χ2v) is 6.49. The van der Waals surface area contributed by atoms with E-state index in [1.54, 1.807) is 4.90 Å². The molecule has 0 aromatic carbocycles. The minimum atomic E-state index is -0.812. The number of likely N-dealkylation sites (tertiary alicyclic amines) is 1. The second-order valence-electron chi connectivity index (χ2n) is 6.49. The van der Waals surface area contributed by atoms with Gasteiger partial charge in [0, 0.05) is 12.5 Å². The number of piperidine rings is 1. The maximum atomic E-state index is 12.5. The summed E-state index contributed by atoms with van der Waals surface area (Å²) in [6.07, 6.45) is 9.05. The maximum absolute atomic E-state index is 12.5. The molecule has 4 nitrogen and oxygen atoms in total. The first kappa shape index (κ1) is 12.9. The number of carbonyl (C=O) groups excluding carboxylic acids is 1. The Balaban J connectivity index is 1.78. The Morgan fingerprint density at radius 1 is 1.00 bits per heavy atom. The van der Waals surface area contributed by atoms with Gasteiger partial charge in [-0.05, 0) is 50.4 Å². The summed E-state index contributed by atoms with van der Waals surface area (Å²) in [7, 11) is 0. The molecular formula is C15H23NO3. The molecule has 3 fully saturated rings. The summed E-state index contributed by atoms with van der Waals surface area (Å²) in [5, 5.41) is 9.40. The highest BCUT2D eigenvalue weighted by molar-refractivity contribution is 5.84. The van der Waals surface area contributed by atoms with Crippen LogP contribution in [0.4, 0.5) is 0 Å². The highest BCUT2D eigenvalue weighted by Crippen LogP contribution is 2.40. The maximum Gasteiger partial charge on any atom is 0.326 e. The number of amides is 1. The van der Waals surface area contributed by atoms with Gasteiger partial charge in [0.15, 0.2) is 0 Å². The van der Waals surface area contributed by atoms with E-state index in [1.165, 1.54) is 12.8 Å². The molecule has 3 aliphatic rings. The van der Waals surface area contributed by atoms with Crippen LogP contribution in [0, 0.1) is 11.8 Å². The fourth-order valence-electron chi connectivity index (χ4n) is 3.91. The molecule has 19 heavy (non-hydrogen) atoms. The van der Waals surface area contributed by atoms with Crippen molar-refractivity contribution in [3.8, 4) is 0 Å². The number of nitrogens with zero attached hydrogens (tertiary/aromatic N) is 1. The van der Waals surface area contributed by atoms with Gasteiger partial charge in [-0.25, -0.2) is 4.79 Å². The van der Waals surface area contributed by atoms with E-state index in [-0.39, 0.29) is 11.9 Å². The van der Waals surface area contributed by atoms with E-state index in [0.29, 0.717) is 24.7 Å². The van der Waals surface area contributed by atoms with Gasteiger partial charge < -0.3 is 10.0 Å². The molecule has 2 saturated carbocycles. The lowest BCUT2D eigenvalue weighted by atomic mass is 9.76.